The van der Waals surface area contributed by atoms with Crippen molar-refractivity contribution in [1.29, 1.82) is 0 Å². The molecule has 0 aliphatic rings. The fourth-order valence-corrected chi connectivity index (χ4v) is 2.51. The molecule has 1 unspecified atom stereocenters. The predicted molar refractivity (Wildman–Crippen MR) is 81.8 cm³/mol. The molecule has 0 aliphatic carbocycles. The van der Waals surface area contributed by atoms with E-state index in [1.165, 1.54) is 0 Å². The fourth-order valence-electron chi connectivity index (χ4n) is 2.13. The number of halogens is 1. The van der Waals surface area contributed by atoms with Gasteiger partial charge < -0.3 is 9.52 Å². The van der Waals surface area contributed by atoms with E-state index in [0.717, 1.165) is 27.7 Å². The van der Waals surface area contributed by atoms with Crippen LogP contribution in [0.15, 0.2) is 33.2 Å². The highest BCUT2D eigenvalue weighted by molar-refractivity contribution is 9.10. The molecule has 1 aromatic heterocycles. The molecule has 0 fully saturated rings. The lowest BCUT2D eigenvalue weighted by molar-refractivity contribution is -0.137. The van der Waals surface area contributed by atoms with Crippen molar-refractivity contribution in [3.05, 3.63) is 34.5 Å². The highest BCUT2D eigenvalue weighted by Crippen LogP contribution is 2.28. The standard InChI is InChI=1S/C15H18BrNO3/c1-10(17(2)7-3-4-15(18)19)14-9-11-8-12(16)5-6-13(11)20-14/h5-6,8-10H,3-4,7H2,1-2H3,(H,18,19). The van der Waals surface area contributed by atoms with E-state index in [2.05, 4.69) is 27.8 Å². The number of nitrogens with zero attached hydrogens (tertiary/aromatic N) is 1. The predicted octanol–water partition coefficient (Wildman–Crippen LogP) is 4.05. The van der Waals surface area contributed by atoms with Crippen LogP contribution in [0.2, 0.25) is 0 Å². The number of furan rings is 1. The van der Waals surface area contributed by atoms with Gasteiger partial charge in [-0.2, -0.15) is 0 Å². The van der Waals surface area contributed by atoms with Crippen LogP contribution < -0.4 is 0 Å². The lowest BCUT2D eigenvalue weighted by Crippen LogP contribution is -2.23. The third-order valence-corrected chi connectivity index (χ3v) is 3.97. The molecular weight excluding hydrogens is 322 g/mol. The van der Waals surface area contributed by atoms with Crippen molar-refractivity contribution in [2.75, 3.05) is 13.6 Å². The van der Waals surface area contributed by atoms with Crippen LogP contribution >= 0.6 is 15.9 Å². The van der Waals surface area contributed by atoms with Crippen molar-refractivity contribution in [3.63, 3.8) is 0 Å². The van der Waals surface area contributed by atoms with Gasteiger partial charge in [-0.25, -0.2) is 0 Å². The lowest BCUT2D eigenvalue weighted by Gasteiger charge is -2.22. The largest absolute Gasteiger partial charge is 0.481 e. The van der Waals surface area contributed by atoms with E-state index >= 15 is 0 Å². The molecule has 4 nitrogen and oxygen atoms in total. The quantitative estimate of drug-likeness (QED) is 0.862. The SMILES string of the molecule is CC(c1cc2cc(Br)ccc2o1)N(C)CCCC(=O)O. The van der Waals surface area contributed by atoms with Crippen LogP contribution in [-0.4, -0.2) is 29.6 Å². The number of hydrogen-bond acceptors (Lipinski definition) is 3. The van der Waals surface area contributed by atoms with Crippen molar-refractivity contribution < 1.29 is 14.3 Å². The van der Waals surface area contributed by atoms with Crippen LogP contribution in [0.1, 0.15) is 31.6 Å². The zero-order chi connectivity index (χ0) is 14.7. The first-order chi connectivity index (χ1) is 9.47. The molecule has 0 bridgehead atoms. The third kappa shape index (κ3) is 3.61. The van der Waals surface area contributed by atoms with E-state index in [9.17, 15) is 4.79 Å². The van der Waals surface area contributed by atoms with Crippen LogP contribution in [0, 0.1) is 0 Å². The molecule has 1 N–H and O–H groups in total. The van der Waals surface area contributed by atoms with E-state index in [4.69, 9.17) is 9.52 Å². The number of carbonyl (C=O) groups is 1. The van der Waals surface area contributed by atoms with Crippen molar-refractivity contribution in [1.82, 2.24) is 4.90 Å². The molecule has 0 spiro atoms. The Morgan fingerprint density at radius 1 is 1.45 bits per heavy atom. The zero-order valence-corrected chi connectivity index (χ0v) is 13.2. The zero-order valence-electron chi connectivity index (χ0n) is 11.6. The summed E-state index contributed by atoms with van der Waals surface area (Å²) in [6.07, 6.45) is 0.839. The summed E-state index contributed by atoms with van der Waals surface area (Å²) in [5, 5.41) is 9.73. The minimum absolute atomic E-state index is 0.120. The van der Waals surface area contributed by atoms with E-state index in [1.54, 1.807) is 0 Å². The normalized spacial score (nSPS) is 13.0. The molecule has 0 saturated heterocycles. The second kappa shape index (κ2) is 6.41. The number of hydrogen-bond donors (Lipinski definition) is 1. The van der Waals surface area contributed by atoms with Crippen molar-refractivity contribution >= 4 is 32.9 Å². The van der Waals surface area contributed by atoms with Crippen molar-refractivity contribution in [3.8, 4) is 0 Å². The Bertz CT molecular complexity index is 608. The minimum atomic E-state index is -0.750. The number of aliphatic carboxylic acids is 1. The Balaban J connectivity index is 2.06. The average molecular weight is 340 g/mol. The Morgan fingerprint density at radius 3 is 2.90 bits per heavy atom. The van der Waals surface area contributed by atoms with Gasteiger partial charge in [0.25, 0.3) is 0 Å². The van der Waals surface area contributed by atoms with Crippen molar-refractivity contribution in [2.45, 2.75) is 25.8 Å². The highest BCUT2D eigenvalue weighted by Gasteiger charge is 2.16. The second-order valence-electron chi connectivity index (χ2n) is 4.98. The number of carboxylic acids is 1. The summed E-state index contributed by atoms with van der Waals surface area (Å²) in [4.78, 5) is 12.6. The number of benzene rings is 1. The van der Waals surface area contributed by atoms with Crippen LogP contribution in [0.4, 0.5) is 0 Å². The van der Waals surface area contributed by atoms with Crippen LogP contribution in [0.25, 0.3) is 11.0 Å². The first-order valence-electron chi connectivity index (χ1n) is 6.58. The number of rotatable bonds is 6. The molecule has 2 rings (SSSR count). The van der Waals surface area contributed by atoms with E-state index in [0.29, 0.717) is 6.42 Å². The smallest absolute Gasteiger partial charge is 0.303 e. The molecule has 1 heterocycles. The summed E-state index contributed by atoms with van der Waals surface area (Å²) in [5.41, 5.74) is 0.869. The molecule has 0 amide bonds. The van der Waals surface area contributed by atoms with Crippen LogP contribution in [0.5, 0.6) is 0 Å². The summed E-state index contributed by atoms with van der Waals surface area (Å²) < 4.78 is 6.88. The lowest BCUT2D eigenvalue weighted by atomic mass is 10.2. The minimum Gasteiger partial charge on any atom is -0.481 e. The molecule has 1 atom stereocenters. The van der Waals surface area contributed by atoms with E-state index in [-0.39, 0.29) is 12.5 Å². The Kier molecular flexibility index (Phi) is 4.83. The van der Waals surface area contributed by atoms with Crippen LogP contribution in [-0.2, 0) is 4.79 Å². The fraction of sp³-hybridized carbons (Fsp3) is 0.400. The molecule has 108 valence electrons. The van der Waals surface area contributed by atoms with Crippen molar-refractivity contribution in [2.24, 2.45) is 0 Å². The maximum Gasteiger partial charge on any atom is 0.303 e. The van der Waals surface area contributed by atoms with Gasteiger partial charge in [0, 0.05) is 16.3 Å². The molecule has 5 heteroatoms. The van der Waals surface area contributed by atoms with Gasteiger partial charge in [0.05, 0.1) is 6.04 Å². The van der Waals surface area contributed by atoms with Gasteiger partial charge in [-0.1, -0.05) is 15.9 Å². The molecule has 2 aromatic rings. The second-order valence-corrected chi connectivity index (χ2v) is 5.90. The van der Waals surface area contributed by atoms with Gasteiger partial charge in [-0.15, -0.1) is 0 Å². The van der Waals surface area contributed by atoms with Gasteiger partial charge in [0.1, 0.15) is 11.3 Å². The molecule has 1 aromatic carbocycles. The maximum atomic E-state index is 10.5. The van der Waals surface area contributed by atoms with Gasteiger partial charge in [-0.05, 0) is 51.2 Å². The van der Waals surface area contributed by atoms with Crippen LogP contribution in [0.3, 0.4) is 0 Å². The maximum absolute atomic E-state index is 10.5. The summed E-state index contributed by atoms with van der Waals surface area (Å²) >= 11 is 3.45. The monoisotopic (exact) mass is 339 g/mol. The Morgan fingerprint density at radius 2 is 2.20 bits per heavy atom. The molecule has 0 saturated carbocycles. The van der Waals surface area contributed by atoms with Gasteiger partial charge >= 0.3 is 5.97 Å². The van der Waals surface area contributed by atoms with Gasteiger partial charge in [0.2, 0.25) is 0 Å². The number of fused-ring (bicyclic) bond motifs is 1. The number of carboxylic acid groups (broad SMARTS) is 1. The highest BCUT2D eigenvalue weighted by atomic mass is 79.9. The molecule has 0 radical (unpaired) electrons. The van der Waals surface area contributed by atoms with E-state index < -0.39 is 5.97 Å². The molecule has 0 aliphatic heterocycles. The summed E-state index contributed by atoms with van der Waals surface area (Å²) in [6, 6.07) is 8.09. The Hall–Kier alpha value is -1.33. The Labute approximate surface area is 126 Å². The van der Waals surface area contributed by atoms with Gasteiger partial charge in [-0.3, -0.25) is 9.69 Å². The summed E-state index contributed by atoms with van der Waals surface area (Å²) in [7, 11) is 1.98. The first kappa shape index (κ1) is 15.1. The molecule has 20 heavy (non-hydrogen) atoms. The summed E-state index contributed by atoms with van der Waals surface area (Å²) in [6.45, 7) is 2.79. The third-order valence-electron chi connectivity index (χ3n) is 3.47. The summed E-state index contributed by atoms with van der Waals surface area (Å²) in [5.74, 6) is 0.149. The van der Waals surface area contributed by atoms with Gasteiger partial charge in [0.15, 0.2) is 0 Å². The first-order valence-corrected chi connectivity index (χ1v) is 7.37. The van der Waals surface area contributed by atoms with E-state index in [1.807, 2.05) is 31.3 Å². The average Bonchev–Trinajstić information content (AvgIpc) is 2.80. The molecular formula is C15H18BrNO3. The topological polar surface area (TPSA) is 53.7 Å².